The van der Waals surface area contributed by atoms with E-state index in [9.17, 15) is 4.79 Å². The molecule has 0 radical (unpaired) electrons. The molecular formula is C16H32N2O2. The SMILES string of the molecule is CC(C)CC[C@H]1C[C@H](NC(=O)OC(C)(C)C)CC[C@@H]1N. The van der Waals surface area contributed by atoms with Gasteiger partial charge in [0.2, 0.25) is 0 Å². The summed E-state index contributed by atoms with van der Waals surface area (Å²) in [5, 5.41) is 3.00. The molecule has 0 saturated heterocycles. The largest absolute Gasteiger partial charge is 0.444 e. The molecule has 0 aromatic heterocycles. The van der Waals surface area contributed by atoms with Gasteiger partial charge >= 0.3 is 6.09 Å². The fourth-order valence-corrected chi connectivity index (χ4v) is 2.77. The summed E-state index contributed by atoms with van der Waals surface area (Å²) in [5.41, 5.74) is 5.78. The van der Waals surface area contributed by atoms with E-state index in [0.29, 0.717) is 11.8 Å². The molecule has 0 heterocycles. The molecule has 0 aliphatic heterocycles. The van der Waals surface area contributed by atoms with E-state index >= 15 is 0 Å². The molecule has 1 aliphatic rings. The number of nitrogens with one attached hydrogen (secondary N) is 1. The second kappa shape index (κ2) is 7.30. The van der Waals surface area contributed by atoms with Gasteiger partial charge in [0, 0.05) is 12.1 Å². The van der Waals surface area contributed by atoms with Crippen molar-refractivity contribution >= 4 is 6.09 Å². The Morgan fingerprint density at radius 3 is 2.55 bits per heavy atom. The summed E-state index contributed by atoms with van der Waals surface area (Å²) < 4.78 is 5.32. The first-order chi connectivity index (χ1) is 9.17. The van der Waals surface area contributed by atoms with E-state index in [1.807, 2.05) is 20.8 Å². The zero-order chi connectivity index (χ0) is 15.3. The van der Waals surface area contributed by atoms with E-state index in [1.54, 1.807) is 0 Å². The van der Waals surface area contributed by atoms with Crippen LogP contribution < -0.4 is 11.1 Å². The standard InChI is InChI=1S/C16H32N2O2/c1-11(2)6-7-12-10-13(8-9-14(12)17)18-15(19)20-16(3,4)5/h11-14H,6-10,17H2,1-5H3,(H,18,19)/t12-,13+,14-/m0/s1. The molecule has 1 fully saturated rings. The highest BCUT2D eigenvalue weighted by molar-refractivity contribution is 5.68. The van der Waals surface area contributed by atoms with Crippen molar-refractivity contribution in [2.45, 2.75) is 84.4 Å². The molecule has 4 heteroatoms. The smallest absolute Gasteiger partial charge is 0.407 e. The minimum absolute atomic E-state index is 0.210. The zero-order valence-electron chi connectivity index (χ0n) is 13.7. The van der Waals surface area contributed by atoms with E-state index in [-0.39, 0.29) is 18.2 Å². The zero-order valence-corrected chi connectivity index (χ0v) is 13.7. The molecule has 1 aliphatic carbocycles. The number of carbonyl (C=O) groups is 1. The Labute approximate surface area is 123 Å². The van der Waals surface area contributed by atoms with Gasteiger partial charge < -0.3 is 15.8 Å². The first kappa shape index (κ1) is 17.3. The number of nitrogens with two attached hydrogens (primary N) is 1. The van der Waals surface area contributed by atoms with Crippen LogP contribution in [0.2, 0.25) is 0 Å². The Bertz CT molecular complexity index is 310. The summed E-state index contributed by atoms with van der Waals surface area (Å²) >= 11 is 0. The van der Waals surface area contributed by atoms with Gasteiger partial charge in [-0.2, -0.15) is 0 Å². The first-order valence-electron chi connectivity index (χ1n) is 7.92. The summed E-state index contributed by atoms with van der Waals surface area (Å²) in [4.78, 5) is 11.8. The second-order valence-corrected chi connectivity index (χ2v) is 7.55. The van der Waals surface area contributed by atoms with Gasteiger partial charge in [0.25, 0.3) is 0 Å². The van der Waals surface area contributed by atoms with Crippen LogP contribution in [0.1, 0.15) is 66.7 Å². The summed E-state index contributed by atoms with van der Waals surface area (Å²) in [5.74, 6) is 1.23. The van der Waals surface area contributed by atoms with Crippen LogP contribution in [0.5, 0.6) is 0 Å². The molecule has 3 N–H and O–H groups in total. The Morgan fingerprint density at radius 2 is 2.00 bits per heavy atom. The molecule has 0 spiro atoms. The lowest BCUT2D eigenvalue weighted by molar-refractivity contribution is 0.0479. The van der Waals surface area contributed by atoms with Crippen molar-refractivity contribution in [1.29, 1.82) is 0 Å². The molecule has 0 unspecified atom stereocenters. The van der Waals surface area contributed by atoms with Crippen molar-refractivity contribution in [3.63, 3.8) is 0 Å². The molecular weight excluding hydrogens is 252 g/mol. The van der Waals surface area contributed by atoms with Gasteiger partial charge in [0.05, 0.1) is 0 Å². The lowest BCUT2D eigenvalue weighted by atomic mass is 9.78. The molecule has 0 aromatic carbocycles. The van der Waals surface area contributed by atoms with E-state index in [2.05, 4.69) is 19.2 Å². The fourth-order valence-electron chi connectivity index (χ4n) is 2.77. The highest BCUT2D eigenvalue weighted by Gasteiger charge is 2.29. The van der Waals surface area contributed by atoms with Gasteiger partial charge in [-0.05, 0) is 58.3 Å². The van der Waals surface area contributed by atoms with E-state index in [0.717, 1.165) is 25.7 Å². The normalized spacial score (nSPS) is 27.4. The third kappa shape index (κ3) is 6.60. The monoisotopic (exact) mass is 284 g/mol. The average molecular weight is 284 g/mol. The highest BCUT2D eigenvalue weighted by atomic mass is 16.6. The maximum absolute atomic E-state index is 11.8. The van der Waals surface area contributed by atoms with Crippen LogP contribution in [-0.4, -0.2) is 23.8 Å². The molecule has 4 nitrogen and oxygen atoms in total. The summed E-state index contributed by atoms with van der Waals surface area (Å²) in [7, 11) is 0. The van der Waals surface area contributed by atoms with Crippen LogP contribution in [0.4, 0.5) is 4.79 Å². The van der Waals surface area contributed by atoms with E-state index < -0.39 is 5.60 Å². The van der Waals surface area contributed by atoms with Gasteiger partial charge in [-0.1, -0.05) is 20.3 Å². The Morgan fingerprint density at radius 1 is 1.35 bits per heavy atom. The number of amides is 1. The van der Waals surface area contributed by atoms with Crippen molar-refractivity contribution in [2.24, 2.45) is 17.6 Å². The minimum Gasteiger partial charge on any atom is -0.444 e. The van der Waals surface area contributed by atoms with Crippen molar-refractivity contribution in [3.8, 4) is 0 Å². The molecule has 1 rings (SSSR count). The van der Waals surface area contributed by atoms with Crippen molar-refractivity contribution < 1.29 is 9.53 Å². The summed E-state index contributed by atoms with van der Waals surface area (Å²) in [6.07, 6.45) is 4.98. The predicted molar refractivity (Wildman–Crippen MR) is 82.5 cm³/mol. The van der Waals surface area contributed by atoms with Gasteiger partial charge in [-0.25, -0.2) is 4.79 Å². The second-order valence-electron chi connectivity index (χ2n) is 7.55. The number of alkyl carbamates (subject to hydrolysis) is 1. The van der Waals surface area contributed by atoms with Crippen LogP contribution in [0, 0.1) is 11.8 Å². The molecule has 20 heavy (non-hydrogen) atoms. The van der Waals surface area contributed by atoms with Crippen molar-refractivity contribution in [2.75, 3.05) is 0 Å². The topological polar surface area (TPSA) is 64.3 Å². The molecule has 1 saturated carbocycles. The van der Waals surface area contributed by atoms with Gasteiger partial charge in [0.1, 0.15) is 5.60 Å². The van der Waals surface area contributed by atoms with Crippen LogP contribution in [-0.2, 0) is 4.74 Å². The quantitative estimate of drug-likeness (QED) is 0.831. The average Bonchev–Trinajstić information content (AvgIpc) is 2.27. The predicted octanol–water partition coefficient (Wildman–Crippen LogP) is 3.44. The van der Waals surface area contributed by atoms with Crippen LogP contribution in [0.3, 0.4) is 0 Å². The highest BCUT2D eigenvalue weighted by Crippen LogP contribution is 2.28. The molecule has 3 atom stereocenters. The number of hydrogen-bond donors (Lipinski definition) is 2. The van der Waals surface area contributed by atoms with E-state index in [4.69, 9.17) is 10.5 Å². The third-order valence-electron chi connectivity index (χ3n) is 3.88. The van der Waals surface area contributed by atoms with Crippen molar-refractivity contribution in [3.05, 3.63) is 0 Å². The first-order valence-corrected chi connectivity index (χ1v) is 7.92. The van der Waals surface area contributed by atoms with Gasteiger partial charge in [0.15, 0.2) is 0 Å². The van der Waals surface area contributed by atoms with Crippen LogP contribution in [0.15, 0.2) is 0 Å². The molecule has 118 valence electrons. The molecule has 0 aromatic rings. The van der Waals surface area contributed by atoms with Crippen molar-refractivity contribution in [1.82, 2.24) is 5.32 Å². The third-order valence-corrected chi connectivity index (χ3v) is 3.88. The summed E-state index contributed by atoms with van der Waals surface area (Å²) in [6, 6.07) is 0.493. The number of hydrogen-bond acceptors (Lipinski definition) is 3. The maximum Gasteiger partial charge on any atom is 0.407 e. The number of carbonyl (C=O) groups excluding carboxylic acids is 1. The molecule has 1 amide bonds. The van der Waals surface area contributed by atoms with Gasteiger partial charge in [-0.15, -0.1) is 0 Å². The van der Waals surface area contributed by atoms with E-state index in [1.165, 1.54) is 6.42 Å². The van der Waals surface area contributed by atoms with Crippen LogP contribution >= 0.6 is 0 Å². The maximum atomic E-state index is 11.8. The number of ether oxygens (including phenoxy) is 1. The molecule has 0 bridgehead atoms. The number of rotatable bonds is 4. The Balaban J connectivity index is 2.42. The minimum atomic E-state index is -0.438. The fraction of sp³-hybridized carbons (Fsp3) is 0.938. The lowest BCUT2D eigenvalue weighted by Crippen LogP contribution is -2.46. The Kier molecular flexibility index (Phi) is 6.31. The van der Waals surface area contributed by atoms with Crippen LogP contribution in [0.25, 0.3) is 0 Å². The summed E-state index contributed by atoms with van der Waals surface area (Å²) in [6.45, 7) is 10.1. The van der Waals surface area contributed by atoms with Gasteiger partial charge in [-0.3, -0.25) is 0 Å². The Hall–Kier alpha value is -0.770. The lowest BCUT2D eigenvalue weighted by Gasteiger charge is -2.35.